The summed E-state index contributed by atoms with van der Waals surface area (Å²) in [6, 6.07) is 15.7. The van der Waals surface area contributed by atoms with Crippen LogP contribution in [0.1, 0.15) is 21.6 Å². The SMILES string of the molecule is Cc1cccc(/C=C/C(=O)Nc2ncc(Cc3ccccc3Cl)s2)c1. The first kappa shape index (κ1) is 17.4. The molecule has 0 aliphatic rings. The zero-order chi connectivity index (χ0) is 17.6. The highest BCUT2D eigenvalue weighted by Crippen LogP contribution is 2.24. The molecule has 1 amide bonds. The van der Waals surface area contributed by atoms with Crippen LogP contribution in [0, 0.1) is 6.92 Å². The van der Waals surface area contributed by atoms with Crippen molar-refractivity contribution < 1.29 is 4.79 Å². The Hall–Kier alpha value is -2.43. The predicted molar refractivity (Wildman–Crippen MR) is 105 cm³/mol. The fourth-order valence-corrected chi connectivity index (χ4v) is 3.41. The van der Waals surface area contributed by atoms with E-state index in [4.69, 9.17) is 11.6 Å². The third-order valence-electron chi connectivity index (χ3n) is 3.58. The fourth-order valence-electron chi connectivity index (χ4n) is 2.37. The van der Waals surface area contributed by atoms with Gasteiger partial charge in [0.05, 0.1) is 0 Å². The normalized spacial score (nSPS) is 11.0. The molecule has 0 aliphatic carbocycles. The van der Waals surface area contributed by atoms with Crippen molar-refractivity contribution in [2.45, 2.75) is 13.3 Å². The summed E-state index contributed by atoms with van der Waals surface area (Å²) >= 11 is 7.63. The van der Waals surface area contributed by atoms with Crippen LogP contribution in [0.5, 0.6) is 0 Å². The van der Waals surface area contributed by atoms with Gasteiger partial charge in [-0.3, -0.25) is 10.1 Å². The van der Waals surface area contributed by atoms with Crippen molar-refractivity contribution in [2.24, 2.45) is 0 Å². The first-order valence-corrected chi connectivity index (χ1v) is 9.03. The third kappa shape index (κ3) is 5.02. The number of hydrogen-bond acceptors (Lipinski definition) is 3. The summed E-state index contributed by atoms with van der Waals surface area (Å²) < 4.78 is 0. The van der Waals surface area contributed by atoms with Crippen molar-refractivity contribution in [2.75, 3.05) is 5.32 Å². The number of hydrogen-bond donors (Lipinski definition) is 1. The topological polar surface area (TPSA) is 42.0 Å². The van der Waals surface area contributed by atoms with Crippen LogP contribution >= 0.6 is 22.9 Å². The van der Waals surface area contributed by atoms with E-state index < -0.39 is 0 Å². The fraction of sp³-hybridized carbons (Fsp3) is 0.100. The molecule has 1 N–H and O–H groups in total. The monoisotopic (exact) mass is 368 g/mol. The van der Waals surface area contributed by atoms with Crippen molar-refractivity contribution >= 4 is 40.1 Å². The minimum Gasteiger partial charge on any atom is -0.298 e. The zero-order valence-corrected chi connectivity index (χ0v) is 15.3. The van der Waals surface area contributed by atoms with E-state index in [9.17, 15) is 4.79 Å². The molecule has 1 aromatic heterocycles. The molecule has 0 unspecified atom stereocenters. The molecule has 1 heterocycles. The molecule has 25 heavy (non-hydrogen) atoms. The molecule has 0 bridgehead atoms. The summed E-state index contributed by atoms with van der Waals surface area (Å²) in [5, 5.41) is 4.12. The summed E-state index contributed by atoms with van der Waals surface area (Å²) in [5.41, 5.74) is 3.20. The number of nitrogens with one attached hydrogen (secondary N) is 1. The number of aromatic nitrogens is 1. The van der Waals surface area contributed by atoms with Crippen LogP contribution in [0.25, 0.3) is 6.08 Å². The second kappa shape index (κ2) is 8.10. The van der Waals surface area contributed by atoms with Gasteiger partial charge < -0.3 is 0 Å². The van der Waals surface area contributed by atoms with Crippen LogP contribution in [-0.2, 0) is 11.2 Å². The second-order valence-corrected chi connectivity index (χ2v) is 7.16. The first-order chi connectivity index (χ1) is 12.1. The Bertz CT molecular complexity index is 917. The standard InChI is InChI=1S/C20H17ClN2OS/c1-14-5-4-6-15(11-14)9-10-19(24)23-20-22-13-17(25-20)12-16-7-2-3-8-18(16)21/h2-11,13H,12H2,1H3,(H,22,23,24)/b10-9+. The zero-order valence-electron chi connectivity index (χ0n) is 13.7. The molecule has 3 nitrogen and oxygen atoms in total. The maximum absolute atomic E-state index is 12.0. The van der Waals surface area contributed by atoms with Crippen molar-refractivity contribution in [3.05, 3.63) is 87.4 Å². The number of carbonyl (C=O) groups excluding carboxylic acids is 1. The van der Waals surface area contributed by atoms with Crippen molar-refractivity contribution in [1.82, 2.24) is 4.98 Å². The summed E-state index contributed by atoms with van der Waals surface area (Å²) in [7, 11) is 0. The van der Waals surface area contributed by atoms with Crippen molar-refractivity contribution in [1.29, 1.82) is 0 Å². The molecular weight excluding hydrogens is 352 g/mol. The lowest BCUT2D eigenvalue weighted by molar-refractivity contribution is -0.111. The largest absolute Gasteiger partial charge is 0.298 e. The second-order valence-electron chi connectivity index (χ2n) is 5.64. The number of halogens is 1. The van der Waals surface area contributed by atoms with E-state index in [0.29, 0.717) is 11.6 Å². The third-order valence-corrected chi connectivity index (χ3v) is 4.86. The van der Waals surface area contributed by atoms with Crippen LogP contribution in [0.2, 0.25) is 5.02 Å². The molecule has 0 aliphatic heterocycles. The average Bonchev–Trinajstić information content (AvgIpc) is 3.02. The molecule has 0 radical (unpaired) electrons. The van der Waals surface area contributed by atoms with Crippen molar-refractivity contribution in [3.8, 4) is 0 Å². The number of carbonyl (C=O) groups is 1. The lowest BCUT2D eigenvalue weighted by atomic mass is 10.1. The van der Waals surface area contributed by atoms with Gasteiger partial charge in [0.25, 0.3) is 0 Å². The van der Waals surface area contributed by atoms with Crippen LogP contribution in [0.15, 0.2) is 60.8 Å². The van der Waals surface area contributed by atoms with E-state index >= 15 is 0 Å². The van der Waals surface area contributed by atoms with Gasteiger partial charge in [-0.05, 0) is 30.2 Å². The van der Waals surface area contributed by atoms with Crippen molar-refractivity contribution in [3.63, 3.8) is 0 Å². The van der Waals surface area contributed by atoms with Gasteiger partial charge >= 0.3 is 0 Å². The molecule has 0 saturated heterocycles. The molecule has 2 aromatic carbocycles. The number of anilines is 1. The van der Waals surface area contributed by atoms with E-state index in [0.717, 1.165) is 26.6 Å². The summed E-state index contributed by atoms with van der Waals surface area (Å²) in [5.74, 6) is -0.194. The minimum absolute atomic E-state index is 0.194. The van der Waals surface area contributed by atoms with Gasteiger partial charge in [-0.15, -0.1) is 11.3 Å². The maximum atomic E-state index is 12.0. The molecule has 3 aromatic rings. The Morgan fingerprint density at radius 3 is 2.88 bits per heavy atom. The molecule has 126 valence electrons. The number of aryl methyl sites for hydroxylation is 1. The Labute approximate surface area is 156 Å². The summed E-state index contributed by atoms with van der Waals surface area (Å²) in [6.07, 6.45) is 5.78. The Morgan fingerprint density at radius 1 is 1.24 bits per heavy atom. The van der Waals surface area contributed by atoms with Gasteiger partial charge in [-0.1, -0.05) is 59.6 Å². The first-order valence-electron chi connectivity index (χ1n) is 7.84. The van der Waals surface area contributed by atoms with Gasteiger partial charge in [0.1, 0.15) is 0 Å². The smallest absolute Gasteiger partial charge is 0.250 e. The lowest BCUT2D eigenvalue weighted by Crippen LogP contribution is -2.07. The van der Waals surface area contributed by atoms with E-state index in [1.807, 2.05) is 55.5 Å². The number of benzene rings is 2. The van der Waals surface area contributed by atoms with Crippen LogP contribution in [0.3, 0.4) is 0 Å². The number of rotatable bonds is 5. The Morgan fingerprint density at radius 2 is 2.08 bits per heavy atom. The maximum Gasteiger partial charge on any atom is 0.250 e. The van der Waals surface area contributed by atoms with Gasteiger partial charge in [-0.25, -0.2) is 4.98 Å². The molecule has 3 rings (SSSR count). The van der Waals surface area contributed by atoms with Crippen LogP contribution in [-0.4, -0.2) is 10.9 Å². The summed E-state index contributed by atoms with van der Waals surface area (Å²) in [4.78, 5) is 17.3. The molecular formula is C20H17ClN2OS. The molecule has 0 fully saturated rings. The van der Waals surface area contributed by atoms with Gasteiger partial charge in [0.15, 0.2) is 5.13 Å². The van der Waals surface area contributed by atoms with Gasteiger partial charge in [-0.2, -0.15) is 0 Å². The van der Waals surface area contributed by atoms with Crippen LogP contribution in [0.4, 0.5) is 5.13 Å². The highest BCUT2D eigenvalue weighted by molar-refractivity contribution is 7.15. The summed E-state index contributed by atoms with van der Waals surface area (Å²) in [6.45, 7) is 2.02. The molecule has 0 spiro atoms. The Balaban J connectivity index is 1.61. The average molecular weight is 369 g/mol. The molecule has 0 saturated carbocycles. The van der Waals surface area contributed by atoms with E-state index in [1.54, 1.807) is 12.3 Å². The number of nitrogens with zero attached hydrogens (tertiary/aromatic N) is 1. The Kier molecular flexibility index (Phi) is 5.64. The van der Waals surface area contributed by atoms with E-state index in [-0.39, 0.29) is 5.91 Å². The molecule has 5 heteroatoms. The number of amides is 1. The highest BCUT2D eigenvalue weighted by Gasteiger charge is 2.07. The predicted octanol–water partition coefficient (Wildman–Crippen LogP) is 5.35. The lowest BCUT2D eigenvalue weighted by Gasteiger charge is -2.00. The van der Waals surface area contributed by atoms with E-state index in [2.05, 4.69) is 10.3 Å². The van der Waals surface area contributed by atoms with Gasteiger partial charge in [0.2, 0.25) is 5.91 Å². The van der Waals surface area contributed by atoms with Crippen LogP contribution < -0.4 is 5.32 Å². The molecule has 0 atom stereocenters. The number of thiazole rings is 1. The van der Waals surface area contributed by atoms with Gasteiger partial charge in [0, 0.05) is 28.6 Å². The quantitative estimate of drug-likeness (QED) is 0.617. The van der Waals surface area contributed by atoms with E-state index in [1.165, 1.54) is 17.4 Å². The highest BCUT2D eigenvalue weighted by atomic mass is 35.5. The minimum atomic E-state index is -0.194.